The van der Waals surface area contributed by atoms with Crippen molar-refractivity contribution in [2.45, 2.75) is 243 Å². The molecule has 1 aromatic carbocycles. The molecule has 105 heavy (non-hydrogen) atoms. The molecule has 3 heterocycles. The lowest BCUT2D eigenvalue weighted by atomic mass is 9.96. The van der Waals surface area contributed by atoms with E-state index in [-0.39, 0.29) is 75.0 Å². The van der Waals surface area contributed by atoms with Gasteiger partial charge in [0, 0.05) is 48.9 Å². The Bertz CT molecular complexity index is 3300. The number of benzene rings is 1. The van der Waals surface area contributed by atoms with E-state index in [1.54, 1.807) is 13.8 Å². The average Bonchev–Trinajstić information content (AvgIpc) is 1.50. The van der Waals surface area contributed by atoms with E-state index >= 15 is 4.79 Å². The molecule has 0 aliphatic carbocycles. The molecule has 12 atom stereocenters. The van der Waals surface area contributed by atoms with Crippen LogP contribution in [0.5, 0.6) is 0 Å². The molecule has 3 aliphatic heterocycles. The number of carboxylic acid groups (broad SMARTS) is 4. The summed E-state index contributed by atoms with van der Waals surface area (Å²) in [6.07, 6.45) is 5.20. The van der Waals surface area contributed by atoms with Gasteiger partial charge in [-0.3, -0.25) is 86.3 Å². The van der Waals surface area contributed by atoms with Gasteiger partial charge in [0.1, 0.15) is 54.4 Å². The number of carboxylic acids is 4. The van der Waals surface area contributed by atoms with E-state index in [0.29, 0.717) is 12.8 Å². The third-order valence-electron chi connectivity index (χ3n) is 17.9. The molecule has 0 aromatic heterocycles. The molecule has 0 saturated carbocycles. The van der Waals surface area contributed by atoms with Crippen LogP contribution in [0.1, 0.15) is 187 Å². The molecule has 3 aliphatic rings. The summed E-state index contributed by atoms with van der Waals surface area (Å²) in [6, 6.07) is -15.6. The van der Waals surface area contributed by atoms with E-state index < -0.39 is 217 Å². The highest BCUT2D eigenvalue weighted by Gasteiger charge is 2.45. The number of hydrogen-bond donors (Lipinski definition) is 17. The lowest BCUT2D eigenvalue weighted by molar-refractivity contribution is -0.150. The number of carbonyl (C=O) groups is 18. The van der Waals surface area contributed by atoms with Gasteiger partial charge < -0.3 is 99.8 Å². The number of rotatable bonds is 28. The Morgan fingerprint density at radius 1 is 0.533 bits per heavy atom. The second-order valence-corrected chi connectivity index (χ2v) is 26.9. The van der Waals surface area contributed by atoms with Gasteiger partial charge in [-0.15, -0.1) is 0 Å². The Kier molecular flexibility index (Phi) is 35.7. The van der Waals surface area contributed by atoms with Gasteiger partial charge in [-0.2, -0.15) is 0 Å². The quantitative estimate of drug-likeness (QED) is 0.0427. The largest absolute Gasteiger partial charge is 0.481 e. The Morgan fingerprint density at radius 3 is 1.51 bits per heavy atom. The molecule has 37 heteroatoms. The molecular formula is C68H103N15O22. The molecule has 12 unspecified atom stereocenters. The van der Waals surface area contributed by atoms with E-state index in [1.165, 1.54) is 32.0 Å². The lowest BCUT2D eigenvalue weighted by Crippen LogP contribution is -2.66. The van der Waals surface area contributed by atoms with Crippen molar-refractivity contribution in [3.63, 3.8) is 0 Å². The summed E-state index contributed by atoms with van der Waals surface area (Å²) < 4.78 is 0. The fraction of sp³-hybridized carbons (Fsp3) is 0.647. The standard InChI is InChI=1S/C68H103N15O22/c1-8-10-12-14-16-23-47(84)73-40-27-39(28-41(29-40)74-48(85)24-17-15-13-11-9-2)58(94)76-44(32-53(92)93)61(97)81-57-38(7)72-62(98)46-22-20-26-83(46)66(102)54(35(3)4)79-65(101)56(37(6)69)78-50(87)34-71-59(95)42(30-51(88)89)75-49(86)33-70-60(96)43(31-52(90)91)77-64(100)55(36(5)68(104)105)80-63(99)45-21-18-19-25-82(45)67(57)103/h27-29,35-38,42-46,54-57H,8-26,30-34,69H2,1-7H3,(H,70,96)(H,71,95)(H,72,98)(H,73,84)(H,74,85)(H,75,86)(H,76,94)(H,77,100)(H,78,87)(H,79,101)(H,80,99)(H,81,97)(H,88,89)(H,90,91)(H,92,93)(H,104,105). The molecule has 4 rings (SSSR count). The molecule has 37 nitrogen and oxygen atoms in total. The third kappa shape index (κ3) is 28.3. The molecule has 14 amide bonds. The first kappa shape index (κ1) is 87.0. The molecule has 3 fully saturated rings. The number of nitrogens with two attached hydrogens (primary N) is 1. The molecule has 3 saturated heterocycles. The number of aliphatic carboxylic acids is 4. The predicted molar refractivity (Wildman–Crippen MR) is 373 cm³/mol. The van der Waals surface area contributed by atoms with Gasteiger partial charge in [-0.1, -0.05) is 79.1 Å². The number of anilines is 2. The Labute approximate surface area is 607 Å². The van der Waals surface area contributed by atoms with Crippen LogP contribution in [-0.2, 0) is 81.5 Å². The molecule has 0 bridgehead atoms. The third-order valence-corrected chi connectivity index (χ3v) is 17.9. The van der Waals surface area contributed by atoms with Gasteiger partial charge in [0.05, 0.1) is 44.3 Å². The monoisotopic (exact) mass is 1480 g/mol. The number of carbonyl (C=O) groups excluding carboxylic acids is 14. The normalized spacial score (nSPS) is 23.2. The van der Waals surface area contributed by atoms with Crippen molar-refractivity contribution in [2.75, 3.05) is 36.8 Å². The maximum Gasteiger partial charge on any atom is 0.308 e. The second-order valence-electron chi connectivity index (χ2n) is 26.9. The van der Waals surface area contributed by atoms with Crippen molar-refractivity contribution in [1.82, 2.24) is 63.0 Å². The number of amides is 14. The van der Waals surface area contributed by atoms with Gasteiger partial charge in [0.25, 0.3) is 5.91 Å². The van der Waals surface area contributed by atoms with Crippen molar-refractivity contribution in [2.24, 2.45) is 17.6 Å². The number of nitrogens with zero attached hydrogens (tertiary/aromatic N) is 2. The number of fused-ring (bicyclic) bond motifs is 2. The van der Waals surface area contributed by atoms with E-state index in [2.05, 4.69) is 47.9 Å². The Balaban J connectivity index is 1.87. The molecule has 18 N–H and O–H groups in total. The highest BCUT2D eigenvalue weighted by molar-refractivity contribution is 6.05. The average molecular weight is 1480 g/mol. The fourth-order valence-corrected chi connectivity index (χ4v) is 12.0. The van der Waals surface area contributed by atoms with Crippen molar-refractivity contribution in [3.05, 3.63) is 23.8 Å². The number of piperidine rings is 1. The van der Waals surface area contributed by atoms with Crippen LogP contribution in [-0.4, -0.2) is 229 Å². The van der Waals surface area contributed by atoms with Gasteiger partial charge in [0.2, 0.25) is 76.8 Å². The van der Waals surface area contributed by atoms with E-state index in [1.807, 2.05) is 29.8 Å². The maximum atomic E-state index is 15.5. The number of nitrogens with one attached hydrogen (secondary N) is 12. The minimum atomic E-state index is -2.20. The molecule has 582 valence electrons. The molecule has 0 spiro atoms. The summed E-state index contributed by atoms with van der Waals surface area (Å²) in [5.74, 6) is -24.5. The summed E-state index contributed by atoms with van der Waals surface area (Å²) in [7, 11) is 0. The van der Waals surface area contributed by atoms with Gasteiger partial charge in [0.15, 0.2) is 0 Å². The van der Waals surface area contributed by atoms with Crippen LogP contribution in [0.4, 0.5) is 11.4 Å². The molecule has 0 radical (unpaired) electrons. The highest BCUT2D eigenvalue weighted by atomic mass is 16.4. The maximum absolute atomic E-state index is 15.5. The summed E-state index contributed by atoms with van der Waals surface area (Å²) in [6.45, 7) is 8.15. The number of unbranched alkanes of at least 4 members (excludes halogenated alkanes) is 8. The smallest absolute Gasteiger partial charge is 0.308 e. The van der Waals surface area contributed by atoms with Crippen molar-refractivity contribution in [1.29, 1.82) is 0 Å². The van der Waals surface area contributed by atoms with Crippen LogP contribution < -0.4 is 69.5 Å². The summed E-state index contributed by atoms with van der Waals surface area (Å²) >= 11 is 0. The van der Waals surface area contributed by atoms with Gasteiger partial charge in [-0.05, 0) is 89.8 Å². The Hall–Kier alpha value is -10.4. The van der Waals surface area contributed by atoms with Gasteiger partial charge >= 0.3 is 23.9 Å². The van der Waals surface area contributed by atoms with Crippen LogP contribution in [0.3, 0.4) is 0 Å². The zero-order chi connectivity index (χ0) is 78.4. The zero-order valence-electron chi connectivity index (χ0n) is 60.3. The molecular weight excluding hydrogens is 1380 g/mol. The summed E-state index contributed by atoms with van der Waals surface area (Å²) in [5, 5.41) is 68.2. The van der Waals surface area contributed by atoms with Crippen LogP contribution in [0, 0.1) is 11.8 Å². The van der Waals surface area contributed by atoms with Crippen LogP contribution in [0.15, 0.2) is 18.2 Å². The van der Waals surface area contributed by atoms with Crippen LogP contribution in [0.25, 0.3) is 0 Å². The Morgan fingerprint density at radius 2 is 1.01 bits per heavy atom. The summed E-state index contributed by atoms with van der Waals surface area (Å²) in [5.41, 5.74) is 5.96. The minimum absolute atomic E-state index is 0.0318. The minimum Gasteiger partial charge on any atom is -0.481 e. The van der Waals surface area contributed by atoms with E-state index in [4.69, 9.17) is 5.73 Å². The first-order chi connectivity index (χ1) is 49.6. The van der Waals surface area contributed by atoms with Crippen molar-refractivity contribution in [3.8, 4) is 0 Å². The van der Waals surface area contributed by atoms with Crippen molar-refractivity contribution < 1.29 is 107 Å². The van der Waals surface area contributed by atoms with Crippen LogP contribution >= 0.6 is 0 Å². The van der Waals surface area contributed by atoms with Crippen LogP contribution in [0.2, 0.25) is 0 Å². The SMILES string of the molecule is CCCCCCCC(=O)Nc1cc(NC(=O)CCCCCCC)cc(C(=O)NC(CC(=O)O)C(=O)NC2C(=O)N3CCCCC3C(=O)NC(C(C)C(=O)O)C(=O)NC(CC(=O)O)C(=O)NCC(=O)NC(CC(=O)O)C(=O)NCC(=O)NC(C(C)N)C(=O)NC(C(C)C)C(=O)N3CCCC3C(=O)NC2C)c1. The molecule has 1 aromatic rings. The summed E-state index contributed by atoms with van der Waals surface area (Å²) in [4.78, 5) is 249. The first-order valence-electron chi connectivity index (χ1n) is 35.5. The topological polar surface area (TPSA) is 565 Å². The predicted octanol–water partition coefficient (Wildman–Crippen LogP) is -1.44. The van der Waals surface area contributed by atoms with E-state index in [0.717, 1.165) is 68.1 Å². The highest BCUT2D eigenvalue weighted by Crippen LogP contribution is 2.25. The van der Waals surface area contributed by atoms with Crippen molar-refractivity contribution >= 4 is 118 Å². The van der Waals surface area contributed by atoms with Gasteiger partial charge in [-0.25, -0.2) is 0 Å². The zero-order valence-corrected chi connectivity index (χ0v) is 60.3. The lowest BCUT2D eigenvalue weighted by Gasteiger charge is -2.39. The van der Waals surface area contributed by atoms with E-state index in [9.17, 15) is 102 Å². The fourth-order valence-electron chi connectivity index (χ4n) is 12.0. The second kappa shape index (κ2) is 43.0. The first-order valence-corrected chi connectivity index (χ1v) is 35.5. The number of hydrogen-bond acceptors (Lipinski definition) is 19.